The lowest BCUT2D eigenvalue weighted by atomic mass is 9.90. The Hall–Kier alpha value is -2.80. The number of benzene rings is 2. The monoisotopic (exact) mass is 372 g/mol. The van der Waals surface area contributed by atoms with E-state index < -0.39 is 21.0 Å². The fourth-order valence-corrected chi connectivity index (χ4v) is 3.33. The molecule has 2 aromatic rings. The van der Waals surface area contributed by atoms with Gasteiger partial charge in [-0.3, -0.25) is 20.2 Å². The van der Waals surface area contributed by atoms with Crippen LogP contribution in [0.2, 0.25) is 0 Å². The van der Waals surface area contributed by atoms with Crippen molar-refractivity contribution < 1.29 is 14.6 Å². The molecule has 0 heterocycles. The number of rotatable bonds is 6. The molecule has 7 nitrogen and oxygen atoms in total. The molecule has 7 heteroatoms. The summed E-state index contributed by atoms with van der Waals surface area (Å²) in [6, 6.07) is 9.70. The fraction of sp³-hybridized carbons (Fsp3) is 0.400. The summed E-state index contributed by atoms with van der Waals surface area (Å²) in [5, 5.41) is 22.9. The SMILES string of the molecule is Cc1ccc([N+](=O)[O-])c(C(C)(C)OC(C)(C)c2cc(C)ccc2[N+](=O)[O-])c1. The quantitative estimate of drug-likeness (QED) is 0.506. The normalized spacial score (nSPS) is 12.1. The zero-order valence-corrected chi connectivity index (χ0v) is 16.4. The number of nitro groups is 2. The van der Waals surface area contributed by atoms with Crippen molar-refractivity contribution >= 4 is 11.4 Å². The summed E-state index contributed by atoms with van der Waals surface area (Å²) in [5.74, 6) is 0. The topological polar surface area (TPSA) is 95.5 Å². The van der Waals surface area contributed by atoms with E-state index in [9.17, 15) is 20.2 Å². The molecule has 0 fully saturated rings. The third-order valence-corrected chi connectivity index (χ3v) is 4.51. The molecule has 2 rings (SSSR count). The van der Waals surface area contributed by atoms with Gasteiger partial charge in [0.25, 0.3) is 11.4 Å². The molecule has 0 aromatic heterocycles. The van der Waals surface area contributed by atoms with E-state index in [1.165, 1.54) is 12.1 Å². The Kier molecular flexibility index (Phi) is 5.37. The highest BCUT2D eigenvalue weighted by molar-refractivity contribution is 5.48. The Morgan fingerprint density at radius 3 is 1.37 bits per heavy atom. The van der Waals surface area contributed by atoms with Gasteiger partial charge in [-0.2, -0.15) is 0 Å². The summed E-state index contributed by atoms with van der Waals surface area (Å²) in [7, 11) is 0. The highest BCUT2D eigenvalue weighted by Crippen LogP contribution is 2.42. The highest BCUT2D eigenvalue weighted by atomic mass is 16.6. The van der Waals surface area contributed by atoms with E-state index in [2.05, 4.69) is 0 Å². The van der Waals surface area contributed by atoms with Crippen molar-refractivity contribution in [3.05, 3.63) is 78.9 Å². The number of nitro benzene ring substituents is 2. The van der Waals surface area contributed by atoms with Gasteiger partial charge in [-0.1, -0.05) is 23.3 Å². The van der Waals surface area contributed by atoms with Crippen LogP contribution >= 0.6 is 0 Å². The zero-order valence-electron chi connectivity index (χ0n) is 16.4. The van der Waals surface area contributed by atoms with Gasteiger partial charge in [0, 0.05) is 12.1 Å². The largest absolute Gasteiger partial charge is 0.360 e. The van der Waals surface area contributed by atoms with Crippen LogP contribution in [0, 0.1) is 34.1 Å². The van der Waals surface area contributed by atoms with Gasteiger partial charge in [0.2, 0.25) is 0 Å². The Morgan fingerprint density at radius 2 is 1.07 bits per heavy atom. The minimum absolute atomic E-state index is 0.0415. The van der Waals surface area contributed by atoms with Crippen molar-refractivity contribution in [1.82, 2.24) is 0 Å². The lowest BCUT2D eigenvalue weighted by Gasteiger charge is -2.36. The van der Waals surface area contributed by atoms with E-state index >= 15 is 0 Å². The lowest BCUT2D eigenvalue weighted by Crippen LogP contribution is -2.34. The first-order valence-corrected chi connectivity index (χ1v) is 8.56. The van der Waals surface area contributed by atoms with E-state index in [1.54, 1.807) is 52.0 Å². The molecular weight excluding hydrogens is 348 g/mol. The molecule has 0 bridgehead atoms. The van der Waals surface area contributed by atoms with Crippen LogP contribution in [0.15, 0.2) is 36.4 Å². The first-order chi connectivity index (χ1) is 12.3. The van der Waals surface area contributed by atoms with Crippen LogP contribution in [-0.2, 0) is 15.9 Å². The van der Waals surface area contributed by atoms with Crippen molar-refractivity contribution in [2.75, 3.05) is 0 Å². The van der Waals surface area contributed by atoms with E-state index in [0.717, 1.165) is 11.1 Å². The Labute approximate surface area is 158 Å². The average molecular weight is 372 g/mol. The van der Waals surface area contributed by atoms with Crippen LogP contribution in [0.5, 0.6) is 0 Å². The molecule has 0 spiro atoms. The molecule has 0 radical (unpaired) electrons. The lowest BCUT2D eigenvalue weighted by molar-refractivity contribution is -0.388. The molecule has 0 aliphatic carbocycles. The second-order valence-corrected chi connectivity index (χ2v) is 7.68. The maximum absolute atomic E-state index is 11.5. The van der Waals surface area contributed by atoms with Gasteiger partial charge in [0.15, 0.2) is 0 Å². The van der Waals surface area contributed by atoms with E-state index in [0.29, 0.717) is 11.1 Å². The summed E-state index contributed by atoms with van der Waals surface area (Å²) in [5.41, 5.74) is 0.413. The Balaban J connectivity index is 2.55. The maximum atomic E-state index is 11.5. The van der Waals surface area contributed by atoms with E-state index in [4.69, 9.17) is 4.74 Å². The van der Waals surface area contributed by atoms with Gasteiger partial charge in [0.05, 0.1) is 32.2 Å². The van der Waals surface area contributed by atoms with Crippen LogP contribution in [-0.4, -0.2) is 9.85 Å². The van der Waals surface area contributed by atoms with Gasteiger partial charge in [-0.25, -0.2) is 0 Å². The summed E-state index contributed by atoms with van der Waals surface area (Å²) in [6.45, 7) is 10.6. The standard InChI is InChI=1S/C20H24N2O5/c1-13-7-9-17(21(23)24)15(11-13)19(3,4)27-20(5,6)16-12-14(2)8-10-18(16)22(25)26/h7-12H,1-6H3. The molecule has 0 amide bonds. The third kappa shape index (κ3) is 4.31. The van der Waals surface area contributed by atoms with Gasteiger partial charge in [-0.15, -0.1) is 0 Å². The van der Waals surface area contributed by atoms with Crippen molar-refractivity contribution in [3.8, 4) is 0 Å². The Bertz CT molecular complexity index is 830. The number of hydrogen-bond acceptors (Lipinski definition) is 5. The molecule has 0 saturated carbocycles. The molecule has 144 valence electrons. The van der Waals surface area contributed by atoms with Crippen molar-refractivity contribution in [1.29, 1.82) is 0 Å². The molecule has 0 N–H and O–H groups in total. The molecule has 0 saturated heterocycles. The van der Waals surface area contributed by atoms with Gasteiger partial charge >= 0.3 is 0 Å². The number of aryl methyl sites for hydroxylation is 2. The molecular formula is C20H24N2O5. The molecule has 0 atom stereocenters. The molecule has 0 aliphatic rings. The van der Waals surface area contributed by atoms with Crippen molar-refractivity contribution in [2.24, 2.45) is 0 Å². The Morgan fingerprint density at radius 1 is 0.741 bits per heavy atom. The summed E-state index contributed by atoms with van der Waals surface area (Å²) in [6.07, 6.45) is 0. The molecule has 0 unspecified atom stereocenters. The van der Waals surface area contributed by atoms with E-state index in [1.807, 2.05) is 13.8 Å². The second kappa shape index (κ2) is 7.08. The van der Waals surface area contributed by atoms with Crippen LogP contribution in [0.4, 0.5) is 11.4 Å². The number of hydrogen-bond donors (Lipinski definition) is 0. The van der Waals surface area contributed by atoms with Gasteiger partial charge in [-0.05, 0) is 53.7 Å². The van der Waals surface area contributed by atoms with Crippen molar-refractivity contribution in [3.63, 3.8) is 0 Å². The van der Waals surface area contributed by atoms with Gasteiger partial charge in [0.1, 0.15) is 0 Å². The highest BCUT2D eigenvalue weighted by Gasteiger charge is 2.39. The maximum Gasteiger partial charge on any atom is 0.275 e. The van der Waals surface area contributed by atoms with Crippen molar-refractivity contribution in [2.45, 2.75) is 52.7 Å². The number of ether oxygens (including phenoxy) is 1. The van der Waals surface area contributed by atoms with Gasteiger partial charge < -0.3 is 4.74 Å². The molecule has 2 aromatic carbocycles. The summed E-state index contributed by atoms with van der Waals surface area (Å²) < 4.78 is 6.28. The van der Waals surface area contributed by atoms with Crippen LogP contribution in [0.1, 0.15) is 49.9 Å². The zero-order chi connectivity index (χ0) is 20.6. The summed E-state index contributed by atoms with van der Waals surface area (Å²) >= 11 is 0. The molecule has 0 aliphatic heterocycles. The first kappa shape index (κ1) is 20.5. The second-order valence-electron chi connectivity index (χ2n) is 7.68. The minimum Gasteiger partial charge on any atom is -0.360 e. The average Bonchev–Trinajstić information content (AvgIpc) is 2.53. The predicted octanol–water partition coefficient (Wildman–Crippen LogP) is 5.31. The third-order valence-electron chi connectivity index (χ3n) is 4.51. The van der Waals surface area contributed by atoms with E-state index in [-0.39, 0.29) is 11.4 Å². The smallest absolute Gasteiger partial charge is 0.275 e. The van der Waals surface area contributed by atoms with Crippen LogP contribution in [0.25, 0.3) is 0 Å². The predicted molar refractivity (Wildman–Crippen MR) is 103 cm³/mol. The van der Waals surface area contributed by atoms with Crippen LogP contribution in [0.3, 0.4) is 0 Å². The fourth-order valence-electron chi connectivity index (χ4n) is 3.33. The number of nitrogens with zero attached hydrogens (tertiary/aromatic N) is 2. The molecule has 27 heavy (non-hydrogen) atoms. The van der Waals surface area contributed by atoms with Crippen LogP contribution < -0.4 is 0 Å². The summed E-state index contributed by atoms with van der Waals surface area (Å²) in [4.78, 5) is 22.0. The minimum atomic E-state index is -1.05. The first-order valence-electron chi connectivity index (χ1n) is 8.56.